The Morgan fingerprint density at radius 3 is 1.57 bits per heavy atom. The molecule has 6 saturated carbocycles. The van der Waals surface area contributed by atoms with Gasteiger partial charge in [-0.05, 0) is 128 Å². The molecule has 8 bridgehead atoms. The molecular formula is C39H58O10. The summed E-state index contributed by atoms with van der Waals surface area (Å²) in [5, 5.41) is 15.9. The number of rotatable bonds is 7. The Hall–Kier alpha value is -1.82. The second kappa shape index (κ2) is 15.8. The zero-order valence-corrected chi connectivity index (χ0v) is 29.3. The number of ether oxygens (including phenoxy) is 6. The number of allylic oxidation sites excluding steroid dienone is 4. The van der Waals surface area contributed by atoms with Crippen molar-refractivity contribution in [1.82, 2.24) is 0 Å². The predicted molar refractivity (Wildman–Crippen MR) is 178 cm³/mol. The highest BCUT2D eigenvalue weighted by Crippen LogP contribution is 2.68. The number of carbonyl (C=O) groups is 2. The Morgan fingerprint density at radius 1 is 0.673 bits per heavy atom. The quantitative estimate of drug-likeness (QED) is 0.226. The van der Waals surface area contributed by atoms with Gasteiger partial charge in [0.15, 0.2) is 0 Å². The summed E-state index contributed by atoms with van der Waals surface area (Å²) in [6.07, 6.45) is 19.1. The highest BCUT2D eigenvalue weighted by Gasteiger charge is 2.62. The summed E-state index contributed by atoms with van der Waals surface area (Å²) in [6, 6.07) is 0. The molecule has 16 unspecified atom stereocenters. The van der Waals surface area contributed by atoms with Gasteiger partial charge in [0.05, 0.1) is 26.9 Å². The Morgan fingerprint density at radius 2 is 1.14 bits per heavy atom. The number of carbonyl (C=O) groups excluding carboxylic acids is 2. The first-order valence-corrected chi connectivity index (χ1v) is 19.1. The number of aliphatic hydroxyl groups is 2. The van der Waals surface area contributed by atoms with E-state index in [9.17, 15) is 9.59 Å². The van der Waals surface area contributed by atoms with Crippen LogP contribution < -0.4 is 0 Å². The minimum absolute atomic E-state index is 0.00204. The van der Waals surface area contributed by atoms with E-state index in [4.69, 9.17) is 38.6 Å². The molecule has 8 fully saturated rings. The van der Waals surface area contributed by atoms with E-state index in [1.54, 1.807) is 6.92 Å². The smallest absolute Gasteiger partial charge is 0.306 e. The van der Waals surface area contributed by atoms with Crippen LogP contribution >= 0.6 is 0 Å². The van der Waals surface area contributed by atoms with Crippen LogP contribution in [0.4, 0.5) is 0 Å². The van der Waals surface area contributed by atoms with Crippen LogP contribution in [0.1, 0.15) is 58.3 Å². The van der Waals surface area contributed by atoms with Crippen molar-refractivity contribution in [2.75, 3.05) is 53.7 Å². The molecule has 2 aliphatic heterocycles. The molecule has 49 heavy (non-hydrogen) atoms. The third-order valence-electron chi connectivity index (χ3n) is 13.9. The first kappa shape index (κ1) is 35.6. The normalized spacial score (nSPS) is 46.0. The molecule has 0 aromatic carbocycles. The van der Waals surface area contributed by atoms with Crippen molar-refractivity contribution < 1.29 is 48.2 Å². The van der Waals surface area contributed by atoms with Gasteiger partial charge in [0.1, 0.15) is 32.4 Å². The first-order valence-electron chi connectivity index (χ1n) is 19.1. The summed E-state index contributed by atoms with van der Waals surface area (Å²) in [7, 11) is 1.51. The average Bonchev–Trinajstić information content (AvgIpc) is 3.95. The standard InChI is InChI=1S/C18H24O4.C15H20O2.C4H8O3.C2H6O/c19-16(21-8-14-7-20-9-22-14)6-12-4-13-5-15(12)18-11-2-1-10(3-11)17(13)18;1-17-13(16)7-10-5-11-6-12(10)15-9-3-2-8(4-9)14(11)15;5-1-4-2-6-3-7-4;1-2-3/h1-2,10-15,17-18H,3-9H2;2-3,8-12,14-15H,4-7H2,1H3;4-5H,1-3H2;3H,2H2,1H3. The van der Waals surface area contributed by atoms with E-state index in [-0.39, 0.29) is 37.4 Å². The maximum absolute atomic E-state index is 12.2. The van der Waals surface area contributed by atoms with E-state index in [0.29, 0.717) is 58.1 Å². The molecule has 0 spiro atoms. The lowest BCUT2D eigenvalue weighted by Crippen LogP contribution is -2.32. The second-order valence-electron chi connectivity index (χ2n) is 16.2. The van der Waals surface area contributed by atoms with Crippen molar-refractivity contribution in [1.29, 1.82) is 0 Å². The molecule has 0 aromatic heterocycles. The summed E-state index contributed by atoms with van der Waals surface area (Å²) in [5.41, 5.74) is 0. The lowest BCUT2D eigenvalue weighted by Gasteiger charge is -2.36. The number of methoxy groups -OCH3 is 1. The summed E-state index contributed by atoms with van der Waals surface area (Å²) in [4.78, 5) is 23.6. The molecule has 2 saturated heterocycles. The molecule has 2 N–H and O–H groups in total. The highest BCUT2D eigenvalue weighted by molar-refractivity contribution is 5.70. The van der Waals surface area contributed by atoms with Crippen molar-refractivity contribution in [3.63, 3.8) is 0 Å². The molecule has 0 radical (unpaired) electrons. The largest absolute Gasteiger partial charge is 0.469 e. The summed E-state index contributed by atoms with van der Waals surface area (Å²) < 4.78 is 30.3. The van der Waals surface area contributed by atoms with Gasteiger partial charge in [-0.1, -0.05) is 24.3 Å². The fourth-order valence-corrected chi connectivity index (χ4v) is 12.5. The van der Waals surface area contributed by atoms with Gasteiger partial charge in [0.25, 0.3) is 0 Å². The van der Waals surface area contributed by atoms with Crippen LogP contribution in [0.25, 0.3) is 0 Å². The number of esters is 2. The van der Waals surface area contributed by atoms with E-state index in [0.717, 1.165) is 71.0 Å². The number of hydrogen-bond acceptors (Lipinski definition) is 10. The van der Waals surface area contributed by atoms with Crippen LogP contribution in [0.5, 0.6) is 0 Å². The molecule has 10 nitrogen and oxygen atoms in total. The minimum atomic E-state index is -0.0694. The molecule has 8 aliphatic carbocycles. The Kier molecular flexibility index (Phi) is 11.5. The van der Waals surface area contributed by atoms with Gasteiger partial charge in [-0.3, -0.25) is 9.59 Å². The predicted octanol–water partition coefficient (Wildman–Crippen LogP) is 4.38. The Bertz CT molecular complexity index is 1190. The van der Waals surface area contributed by atoms with Crippen molar-refractivity contribution in [3.8, 4) is 0 Å². The number of aliphatic hydroxyl groups excluding tert-OH is 2. The Balaban J connectivity index is 0.000000124. The molecular weight excluding hydrogens is 628 g/mol. The van der Waals surface area contributed by atoms with E-state index in [2.05, 4.69) is 24.3 Å². The lowest BCUT2D eigenvalue weighted by atomic mass is 9.69. The molecule has 2 heterocycles. The SMILES string of the molecule is CCO.COC(=O)CC1CC2CC1C1C3C=CC(C3)C21.O=C(CC1CC2CC1C1C3C=CC(C3)C21)OCC1COCO1.OCC1COCO1. The maximum Gasteiger partial charge on any atom is 0.306 e. The fourth-order valence-electron chi connectivity index (χ4n) is 12.5. The zero-order chi connectivity index (χ0) is 34.1. The van der Waals surface area contributed by atoms with E-state index < -0.39 is 0 Å². The molecule has 16 atom stereocenters. The summed E-state index contributed by atoms with van der Waals surface area (Å²) >= 11 is 0. The molecule has 10 heteroatoms. The van der Waals surface area contributed by atoms with Gasteiger partial charge in [0.2, 0.25) is 0 Å². The van der Waals surface area contributed by atoms with Crippen LogP contribution in [-0.2, 0) is 38.0 Å². The van der Waals surface area contributed by atoms with Gasteiger partial charge in [-0.15, -0.1) is 0 Å². The van der Waals surface area contributed by atoms with Crippen molar-refractivity contribution in [2.24, 2.45) is 82.9 Å². The highest BCUT2D eigenvalue weighted by atomic mass is 16.7. The topological polar surface area (TPSA) is 130 Å². The number of hydrogen-bond donors (Lipinski definition) is 2. The van der Waals surface area contributed by atoms with Gasteiger partial charge in [-0.2, -0.15) is 0 Å². The summed E-state index contributed by atoms with van der Waals surface area (Å²) in [6.45, 7) is 4.09. The maximum atomic E-state index is 12.2. The van der Waals surface area contributed by atoms with Crippen molar-refractivity contribution in [2.45, 2.75) is 70.5 Å². The van der Waals surface area contributed by atoms with Crippen molar-refractivity contribution >= 4 is 11.9 Å². The van der Waals surface area contributed by atoms with E-state index >= 15 is 0 Å². The van der Waals surface area contributed by atoms with E-state index in [1.165, 1.54) is 45.6 Å². The second-order valence-corrected chi connectivity index (χ2v) is 16.2. The van der Waals surface area contributed by atoms with Crippen LogP contribution in [0.3, 0.4) is 0 Å². The third kappa shape index (κ3) is 7.29. The monoisotopic (exact) mass is 686 g/mol. The molecule has 0 aromatic rings. The first-order chi connectivity index (χ1) is 23.9. The zero-order valence-electron chi connectivity index (χ0n) is 29.3. The van der Waals surface area contributed by atoms with Crippen LogP contribution in [-0.4, -0.2) is 88.1 Å². The number of fused-ring (bicyclic) bond motifs is 18. The van der Waals surface area contributed by atoms with Gasteiger partial charge >= 0.3 is 11.9 Å². The average molecular weight is 687 g/mol. The summed E-state index contributed by atoms with van der Waals surface area (Å²) in [5.74, 6) is 11.6. The lowest BCUT2D eigenvalue weighted by molar-refractivity contribution is -0.148. The molecule has 0 amide bonds. The van der Waals surface area contributed by atoms with Crippen LogP contribution in [0.2, 0.25) is 0 Å². The Labute approximate surface area is 291 Å². The van der Waals surface area contributed by atoms with Gasteiger partial charge in [0, 0.05) is 19.4 Å². The van der Waals surface area contributed by atoms with Crippen molar-refractivity contribution in [3.05, 3.63) is 24.3 Å². The molecule has 10 rings (SSSR count). The fraction of sp³-hybridized carbons (Fsp3) is 0.846. The van der Waals surface area contributed by atoms with Crippen LogP contribution in [0, 0.1) is 82.9 Å². The van der Waals surface area contributed by atoms with Gasteiger partial charge in [-0.25, -0.2) is 0 Å². The van der Waals surface area contributed by atoms with E-state index in [1.807, 2.05) is 0 Å². The van der Waals surface area contributed by atoms with Crippen LogP contribution in [0.15, 0.2) is 24.3 Å². The molecule has 10 aliphatic rings. The molecule has 274 valence electrons. The third-order valence-corrected chi connectivity index (χ3v) is 13.9. The minimum Gasteiger partial charge on any atom is -0.469 e. The van der Waals surface area contributed by atoms with Gasteiger partial charge < -0.3 is 38.6 Å².